The molecule has 0 fully saturated rings. The van der Waals surface area contributed by atoms with Crippen LogP contribution in [0.5, 0.6) is 5.75 Å². The Labute approximate surface area is 202 Å². The second kappa shape index (κ2) is 9.80. The van der Waals surface area contributed by atoms with E-state index in [0.29, 0.717) is 49.4 Å². The van der Waals surface area contributed by atoms with Crippen molar-refractivity contribution in [3.05, 3.63) is 79.2 Å². The number of fused-ring (bicyclic) bond motifs is 1. The van der Waals surface area contributed by atoms with Gasteiger partial charge in [-0.15, -0.1) is 11.3 Å². The molecule has 0 saturated carbocycles. The molecule has 0 radical (unpaired) electrons. The Bertz CT molecular complexity index is 1280. The standard InChI is InChI=1S/C25H28N4O4S/c1-16-5-6-17(2)19(11-16)24(31)28-8-7-20-23(21(33-4)12-22(30)29(20)10-9-28)25(32)27(3)13-18-14-34-15-26-18/h5-6,11-12,14-15H,7-10,13H2,1-4H3. The third kappa shape index (κ3) is 4.61. The SMILES string of the molecule is COc1cc(=O)n2c(c1C(=O)N(C)Cc1cscn1)CCN(C(=O)c1cc(C)ccc1C)CC2. The fourth-order valence-corrected chi connectivity index (χ4v) is 4.85. The first-order chi connectivity index (χ1) is 16.3. The van der Waals surface area contributed by atoms with E-state index in [-0.39, 0.29) is 23.1 Å². The molecule has 8 nitrogen and oxygen atoms in total. The van der Waals surface area contributed by atoms with Crippen molar-refractivity contribution in [1.82, 2.24) is 19.4 Å². The van der Waals surface area contributed by atoms with E-state index in [4.69, 9.17) is 4.74 Å². The molecule has 1 aliphatic heterocycles. The summed E-state index contributed by atoms with van der Waals surface area (Å²) < 4.78 is 7.06. The van der Waals surface area contributed by atoms with Crippen LogP contribution in [0.4, 0.5) is 0 Å². The lowest BCUT2D eigenvalue weighted by molar-refractivity contribution is 0.0757. The molecule has 0 unspecified atom stereocenters. The topological polar surface area (TPSA) is 84.7 Å². The molecule has 0 saturated heterocycles. The van der Waals surface area contributed by atoms with Crippen molar-refractivity contribution >= 4 is 23.2 Å². The maximum atomic E-state index is 13.5. The average molecular weight is 481 g/mol. The van der Waals surface area contributed by atoms with Gasteiger partial charge in [0.05, 0.1) is 24.9 Å². The number of rotatable bonds is 5. The van der Waals surface area contributed by atoms with E-state index >= 15 is 0 Å². The van der Waals surface area contributed by atoms with Gasteiger partial charge in [-0.3, -0.25) is 14.4 Å². The largest absolute Gasteiger partial charge is 0.496 e. The molecule has 9 heteroatoms. The van der Waals surface area contributed by atoms with E-state index in [9.17, 15) is 14.4 Å². The van der Waals surface area contributed by atoms with Gasteiger partial charge in [-0.05, 0) is 25.5 Å². The smallest absolute Gasteiger partial charge is 0.259 e. The van der Waals surface area contributed by atoms with Gasteiger partial charge in [-0.25, -0.2) is 4.98 Å². The number of ether oxygens (including phenoxy) is 1. The highest BCUT2D eigenvalue weighted by Crippen LogP contribution is 2.25. The van der Waals surface area contributed by atoms with Gasteiger partial charge < -0.3 is 19.1 Å². The zero-order valence-electron chi connectivity index (χ0n) is 19.8. The molecule has 2 amide bonds. The van der Waals surface area contributed by atoms with Crippen molar-refractivity contribution in [1.29, 1.82) is 0 Å². The van der Waals surface area contributed by atoms with Gasteiger partial charge in [0.1, 0.15) is 11.3 Å². The van der Waals surface area contributed by atoms with Crippen molar-refractivity contribution in [2.45, 2.75) is 33.4 Å². The monoisotopic (exact) mass is 480 g/mol. The lowest BCUT2D eigenvalue weighted by Crippen LogP contribution is -2.34. The van der Waals surface area contributed by atoms with Gasteiger partial charge in [0.2, 0.25) is 0 Å². The highest BCUT2D eigenvalue weighted by Gasteiger charge is 2.29. The molecule has 0 N–H and O–H groups in total. The molecule has 178 valence electrons. The molecular weight excluding hydrogens is 452 g/mol. The fraction of sp³-hybridized carbons (Fsp3) is 0.360. The fourth-order valence-electron chi connectivity index (χ4n) is 4.30. The number of nitrogens with zero attached hydrogens (tertiary/aromatic N) is 4. The molecule has 3 heterocycles. The molecule has 2 aromatic heterocycles. The first-order valence-corrected chi connectivity index (χ1v) is 12.0. The Kier molecular flexibility index (Phi) is 6.83. The predicted molar refractivity (Wildman–Crippen MR) is 131 cm³/mol. The molecule has 0 bridgehead atoms. The van der Waals surface area contributed by atoms with Crippen LogP contribution >= 0.6 is 11.3 Å². The summed E-state index contributed by atoms with van der Waals surface area (Å²) in [7, 11) is 3.16. The van der Waals surface area contributed by atoms with Gasteiger partial charge in [0.25, 0.3) is 17.4 Å². The maximum Gasteiger partial charge on any atom is 0.259 e. The second-order valence-electron chi connectivity index (χ2n) is 8.53. The summed E-state index contributed by atoms with van der Waals surface area (Å²) in [6, 6.07) is 7.18. The van der Waals surface area contributed by atoms with Crippen LogP contribution in [0.2, 0.25) is 0 Å². The maximum absolute atomic E-state index is 13.5. The van der Waals surface area contributed by atoms with Crippen molar-refractivity contribution in [3.8, 4) is 5.75 Å². The lowest BCUT2D eigenvalue weighted by atomic mass is 10.0. The molecule has 0 atom stereocenters. The quantitative estimate of drug-likeness (QED) is 0.561. The number of carbonyl (C=O) groups is 2. The Hall–Kier alpha value is -3.46. The molecule has 3 aromatic rings. The molecule has 0 spiro atoms. The van der Waals surface area contributed by atoms with E-state index in [2.05, 4.69) is 4.98 Å². The van der Waals surface area contributed by atoms with Crippen LogP contribution in [0.15, 0.2) is 40.0 Å². The van der Waals surface area contributed by atoms with Crippen molar-refractivity contribution in [3.63, 3.8) is 0 Å². The van der Waals surface area contributed by atoms with Gasteiger partial charge in [0, 0.05) is 55.8 Å². The zero-order valence-corrected chi connectivity index (χ0v) is 20.6. The Morgan fingerprint density at radius 3 is 2.68 bits per heavy atom. The van der Waals surface area contributed by atoms with Crippen LogP contribution in [0.3, 0.4) is 0 Å². The third-order valence-corrected chi connectivity index (χ3v) is 6.80. The van der Waals surface area contributed by atoms with Crippen LogP contribution < -0.4 is 10.3 Å². The van der Waals surface area contributed by atoms with E-state index in [1.807, 2.05) is 37.4 Å². The summed E-state index contributed by atoms with van der Waals surface area (Å²) in [6.45, 7) is 5.32. The molecule has 1 aliphatic rings. The molecule has 34 heavy (non-hydrogen) atoms. The number of methoxy groups -OCH3 is 1. The summed E-state index contributed by atoms with van der Waals surface area (Å²) in [5, 5.41) is 1.90. The lowest BCUT2D eigenvalue weighted by Gasteiger charge is -2.22. The van der Waals surface area contributed by atoms with Crippen LogP contribution in [0.25, 0.3) is 0 Å². The van der Waals surface area contributed by atoms with Crippen LogP contribution in [-0.2, 0) is 19.5 Å². The normalized spacial score (nSPS) is 13.2. The van der Waals surface area contributed by atoms with Crippen LogP contribution in [-0.4, -0.2) is 58.4 Å². The molecule has 1 aromatic carbocycles. The summed E-state index contributed by atoms with van der Waals surface area (Å²) in [4.78, 5) is 47.3. The first kappa shape index (κ1) is 23.7. The summed E-state index contributed by atoms with van der Waals surface area (Å²) in [5.41, 5.74) is 5.83. The highest BCUT2D eigenvalue weighted by atomic mass is 32.1. The van der Waals surface area contributed by atoms with E-state index < -0.39 is 0 Å². The Morgan fingerprint density at radius 2 is 1.97 bits per heavy atom. The number of aryl methyl sites for hydroxylation is 2. The molecule has 0 aliphatic carbocycles. The number of carbonyl (C=O) groups excluding carboxylic acids is 2. The van der Waals surface area contributed by atoms with Crippen LogP contribution in [0, 0.1) is 13.8 Å². The number of aromatic nitrogens is 2. The zero-order chi connectivity index (χ0) is 24.4. The average Bonchev–Trinajstić information content (AvgIpc) is 3.23. The number of hydrogen-bond acceptors (Lipinski definition) is 6. The van der Waals surface area contributed by atoms with Crippen LogP contribution in [0.1, 0.15) is 43.2 Å². The predicted octanol–water partition coefficient (Wildman–Crippen LogP) is 2.90. The van der Waals surface area contributed by atoms with Crippen molar-refractivity contribution in [2.75, 3.05) is 27.2 Å². The Balaban J connectivity index is 1.66. The number of thiazole rings is 1. The van der Waals surface area contributed by atoms with Gasteiger partial charge in [0.15, 0.2) is 0 Å². The first-order valence-electron chi connectivity index (χ1n) is 11.1. The molecular formula is C25H28N4O4S. The molecule has 4 rings (SSSR count). The van der Waals surface area contributed by atoms with Crippen molar-refractivity contribution in [2.24, 2.45) is 0 Å². The number of pyridine rings is 1. The van der Waals surface area contributed by atoms with E-state index in [0.717, 1.165) is 16.8 Å². The summed E-state index contributed by atoms with van der Waals surface area (Å²) in [5.74, 6) is -0.0638. The van der Waals surface area contributed by atoms with Gasteiger partial charge in [-0.1, -0.05) is 17.7 Å². The number of amides is 2. The third-order valence-electron chi connectivity index (χ3n) is 6.17. The minimum atomic E-state index is -0.247. The van der Waals surface area contributed by atoms with Gasteiger partial charge in [-0.2, -0.15) is 0 Å². The second-order valence-corrected chi connectivity index (χ2v) is 9.24. The summed E-state index contributed by atoms with van der Waals surface area (Å²) in [6.07, 6.45) is 0.370. The minimum absolute atomic E-state index is 0.0671. The van der Waals surface area contributed by atoms with E-state index in [1.165, 1.54) is 24.5 Å². The van der Waals surface area contributed by atoms with Crippen molar-refractivity contribution < 1.29 is 14.3 Å². The van der Waals surface area contributed by atoms with Gasteiger partial charge >= 0.3 is 0 Å². The number of hydrogen-bond donors (Lipinski definition) is 0. The number of benzene rings is 1. The minimum Gasteiger partial charge on any atom is -0.496 e. The van der Waals surface area contributed by atoms with E-state index in [1.54, 1.807) is 26.9 Å². The summed E-state index contributed by atoms with van der Waals surface area (Å²) >= 11 is 1.47. The highest BCUT2D eigenvalue weighted by molar-refractivity contribution is 7.07. The Morgan fingerprint density at radius 1 is 1.18 bits per heavy atom.